The molecule has 3 nitrogen and oxygen atoms in total. The van der Waals surface area contributed by atoms with Gasteiger partial charge in [-0.3, -0.25) is 4.79 Å². The van der Waals surface area contributed by atoms with Gasteiger partial charge >= 0.3 is 5.97 Å². The number of hydrogen-bond donors (Lipinski definition) is 2. The average molecular weight is 254 g/mol. The number of carbonyl (C=O) groups is 1. The number of benzene rings is 1. The first kappa shape index (κ1) is 14.2. The van der Waals surface area contributed by atoms with Crippen LogP contribution in [0, 0.1) is 5.82 Å². The zero-order valence-corrected chi connectivity index (χ0v) is 9.19. The molecule has 0 aliphatic heterocycles. The zero-order valence-electron chi connectivity index (χ0n) is 7.61. The number of carboxylic acids is 1. The first-order valence-corrected chi connectivity index (χ1v) is 4.31. The Bertz CT molecular complexity index is 360. The van der Waals surface area contributed by atoms with Gasteiger partial charge in [-0.1, -0.05) is 17.7 Å². The number of hydrogen-bond acceptors (Lipinski definition) is 2. The van der Waals surface area contributed by atoms with Gasteiger partial charge in [-0.25, -0.2) is 4.39 Å². The molecule has 0 saturated carbocycles. The van der Waals surface area contributed by atoms with Crippen molar-refractivity contribution in [1.82, 2.24) is 0 Å². The Morgan fingerprint density at radius 1 is 1.60 bits per heavy atom. The van der Waals surface area contributed by atoms with E-state index in [1.807, 2.05) is 0 Å². The van der Waals surface area contributed by atoms with E-state index in [0.717, 1.165) is 0 Å². The number of halogens is 3. The highest BCUT2D eigenvalue weighted by Crippen LogP contribution is 2.16. The van der Waals surface area contributed by atoms with E-state index < -0.39 is 17.8 Å². The fourth-order valence-corrected chi connectivity index (χ4v) is 1.21. The van der Waals surface area contributed by atoms with Gasteiger partial charge in [-0.15, -0.1) is 12.4 Å². The van der Waals surface area contributed by atoms with Gasteiger partial charge in [0.05, 0.1) is 5.02 Å². The minimum absolute atomic E-state index is 0. The summed E-state index contributed by atoms with van der Waals surface area (Å²) in [4.78, 5) is 10.4. The minimum Gasteiger partial charge on any atom is -0.480 e. The summed E-state index contributed by atoms with van der Waals surface area (Å²) in [6.07, 6.45) is 0.134. The molecule has 1 unspecified atom stereocenters. The lowest BCUT2D eigenvalue weighted by Gasteiger charge is -2.06. The SMILES string of the molecule is Cl.NC(Cc1ccc(F)c(Cl)c1)C(=O)O. The Hall–Kier alpha value is -0.840. The molecule has 1 rings (SSSR count). The van der Waals surface area contributed by atoms with Crippen LogP contribution in [0.1, 0.15) is 5.56 Å². The molecule has 0 saturated heterocycles. The predicted octanol–water partition coefficient (Wildman–Crippen LogP) is 1.86. The van der Waals surface area contributed by atoms with Gasteiger partial charge < -0.3 is 10.8 Å². The molecule has 0 spiro atoms. The summed E-state index contributed by atoms with van der Waals surface area (Å²) in [6.45, 7) is 0. The molecule has 3 N–H and O–H groups in total. The molecule has 0 aromatic heterocycles. The van der Waals surface area contributed by atoms with E-state index in [0.29, 0.717) is 5.56 Å². The molecule has 0 aliphatic rings. The third-order valence-electron chi connectivity index (χ3n) is 1.76. The van der Waals surface area contributed by atoms with Crippen LogP contribution in [0.25, 0.3) is 0 Å². The number of nitrogens with two attached hydrogens (primary N) is 1. The maximum absolute atomic E-state index is 12.7. The fraction of sp³-hybridized carbons (Fsp3) is 0.222. The van der Waals surface area contributed by atoms with E-state index in [4.69, 9.17) is 22.4 Å². The van der Waals surface area contributed by atoms with E-state index >= 15 is 0 Å². The van der Waals surface area contributed by atoms with Crippen LogP contribution in [0.2, 0.25) is 5.02 Å². The molecule has 0 aliphatic carbocycles. The van der Waals surface area contributed by atoms with E-state index in [9.17, 15) is 9.18 Å². The summed E-state index contributed by atoms with van der Waals surface area (Å²) < 4.78 is 12.7. The van der Waals surface area contributed by atoms with Crippen molar-refractivity contribution in [1.29, 1.82) is 0 Å². The monoisotopic (exact) mass is 253 g/mol. The van der Waals surface area contributed by atoms with Crippen LogP contribution in [0.3, 0.4) is 0 Å². The minimum atomic E-state index is -1.09. The Kier molecular flexibility index (Phi) is 5.57. The van der Waals surface area contributed by atoms with Crippen LogP contribution in [-0.4, -0.2) is 17.1 Å². The first-order valence-electron chi connectivity index (χ1n) is 3.93. The van der Waals surface area contributed by atoms with Crippen molar-refractivity contribution < 1.29 is 14.3 Å². The number of aliphatic carboxylic acids is 1. The van der Waals surface area contributed by atoms with Gasteiger partial charge in [-0.05, 0) is 24.1 Å². The quantitative estimate of drug-likeness (QED) is 0.865. The maximum Gasteiger partial charge on any atom is 0.320 e. The highest BCUT2D eigenvalue weighted by Gasteiger charge is 2.12. The Morgan fingerprint density at radius 2 is 2.20 bits per heavy atom. The molecule has 15 heavy (non-hydrogen) atoms. The van der Waals surface area contributed by atoms with Gasteiger partial charge in [0.1, 0.15) is 11.9 Å². The third kappa shape index (κ3) is 4.03. The molecule has 0 heterocycles. The second kappa shape index (κ2) is 5.90. The molecule has 84 valence electrons. The fourth-order valence-electron chi connectivity index (χ4n) is 1.01. The van der Waals surface area contributed by atoms with E-state index in [-0.39, 0.29) is 23.9 Å². The van der Waals surface area contributed by atoms with E-state index in [2.05, 4.69) is 0 Å². The van der Waals surface area contributed by atoms with E-state index in [1.165, 1.54) is 18.2 Å². The molecule has 0 bridgehead atoms. The Labute approximate surface area is 97.4 Å². The third-order valence-corrected chi connectivity index (χ3v) is 2.05. The van der Waals surface area contributed by atoms with Crippen LogP contribution in [0.4, 0.5) is 4.39 Å². The summed E-state index contributed by atoms with van der Waals surface area (Å²) in [5.74, 6) is -1.62. The van der Waals surface area contributed by atoms with E-state index in [1.54, 1.807) is 0 Å². The van der Waals surface area contributed by atoms with Crippen molar-refractivity contribution >= 4 is 30.0 Å². The van der Waals surface area contributed by atoms with Gasteiger partial charge in [0.15, 0.2) is 0 Å². The molecule has 1 atom stereocenters. The number of carboxylic acid groups (broad SMARTS) is 1. The molecule has 1 aromatic rings. The summed E-state index contributed by atoms with van der Waals surface area (Å²) in [7, 11) is 0. The van der Waals surface area contributed by atoms with Crippen molar-refractivity contribution in [2.45, 2.75) is 12.5 Å². The molecule has 0 fully saturated rings. The normalized spacial score (nSPS) is 11.7. The largest absolute Gasteiger partial charge is 0.480 e. The van der Waals surface area contributed by atoms with Crippen LogP contribution in [0.15, 0.2) is 18.2 Å². The van der Waals surface area contributed by atoms with Crippen molar-refractivity contribution in [2.24, 2.45) is 5.73 Å². The maximum atomic E-state index is 12.7. The lowest BCUT2D eigenvalue weighted by Crippen LogP contribution is -2.32. The van der Waals surface area contributed by atoms with Crippen LogP contribution >= 0.6 is 24.0 Å². The highest BCUT2D eigenvalue weighted by molar-refractivity contribution is 6.30. The summed E-state index contributed by atoms with van der Waals surface area (Å²) >= 11 is 5.51. The molecular formula is C9H10Cl2FNO2. The molecular weight excluding hydrogens is 244 g/mol. The van der Waals surface area contributed by atoms with Crippen molar-refractivity contribution in [3.63, 3.8) is 0 Å². The van der Waals surface area contributed by atoms with Crippen LogP contribution < -0.4 is 5.73 Å². The van der Waals surface area contributed by atoms with Crippen LogP contribution in [-0.2, 0) is 11.2 Å². The van der Waals surface area contributed by atoms with Gasteiger partial charge in [-0.2, -0.15) is 0 Å². The average Bonchev–Trinajstić information content (AvgIpc) is 2.11. The molecule has 1 aromatic carbocycles. The zero-order chi connectivity index (χ0) is 10.7. The second-order valence-electron chi connectivity index (χ2n) is 2.90. The second-order valence-corrected chi connectivity index (χ2v) is 3.30. The molecule has 0 amide bonds. The lowest BCUT2D eigenvalue weighted by atomic mass is 10.1. The van der Waals surface area contributed by atoms with Crippen molar-refractivity contribution in [3.05, 3.63) is 34.6 Å². The van der Waals surface area contributed by atoms with Crippen molar-refractivity contribution in [3.8, 4) is 0 Å². The van der Waals surface area contributed by atoms with Gasteiger partial charge in [0, 0.05) is 0 Å². The smallest absolute Gasteiger partial charge is 0.320 e. The highest BCUT2D eigenvalue weighted by atomic mass is 35.5. The molecule has 6 heteroatoms. The first-order chi connectivity index (χ1) is 6.50. The van der Waals surface area contributed by atoms with Crippen LogP contribution in [0.5, 0.6) is 0 Å². The summed E-state index contributed by atoms with van der Waals surface area (Å²) in [5, 5.41) is 8.51. The topological polar surface area (TPSA) is 63.3 Å². The number of rotatable bonds is 3. The summed E-state index contributed by atoms with van der Waals surface area (Å²) in [6, 6.07) is 3.03. The lowest BCUT2D eigenvalue weighted by molar-refractivity contribution is -0.138. The van der Waals surface area contributed by atoms with Crippen molar-refractivity contribution in [2.75, 3.05) is 0 Å². The Balaban J connectivity index is 0.00000196. The standard InChI is InChI=1S/C9H9ClFNO2.ClH/c10-6-3-5(1-2-7(6)11)4-8(12)9(13)14;/h1-3,8H,4,12H2,(H,13,14);1H. The van der Waals surface area contributed by atoms with Gasteiger partial charge in [0.25, 0.3) is 0 Å². The molecule has 0 radical (unpaired) electrons. The summed E-state index contributed by atoms with van der Waals surface area (Å²) in [5.41, 5.74) is 5.90. The predicted molar refractivity (Wildman–Crippen MR) is 58.0 cm³/mol. The van der Waals surface area contributed by atoms with Gasteiger partial charge in [0.2, 0.25) is 0 Å². The Morgan fingerprint density at radius 3 is 2.67 bits per heavy atom.